The molecule has 234 valence electrons. The van der Waals surface area contributed by atoms with Crippen molar-refractivity contribution in [2.45, 2.75) is 0 Å². The summed E-state index contributed by atoms with van der Waals surface area (Å²) in [6.45, 7) is 0. The average molecular weight is 647 g/mol. The number of nitrogens with zero attached hydrogens (tertiary/aromatic N) is 3. The lowest BCUT2D eigenvalue weighted by Gasteiger charge is -2.09. The van der Waals surface area contributed by atoms with Gasteiger partial charge < -0.3 is 8.83 Å². The topological polar surface area (TPSA) is 65.0 Å². The maximum atomic E-state index is 8.69. The van der Waals surface area contributed by atoms with Crippen LogP contribution in [0.25, 0.3) is 100 Å². The second kappa shape index (κ2) is 11.4. The van der Waals surface area contributed by atoms with Gasteiger partial charge in [0.25, 0.3) is 0 Å². The van der Waals surface area contributed by atoms with Crippen LogP contribution in [-0.2, 0) is 0 Å². The fourth-order valence-corrected chi connectivity index (χ4v) is 6.77. The fraction of sp³-hybridized carbons (Fsp3) is 0. The molecule has 0 aliphatic rings. The van der Waals surface area contributed by atoms with Gasteiger partial charge in [0.1, 0.15) is 22.3 Å². The molecule has 3 aromatic heterocycles. The molecule has 3 heterocycles. The molecule has 5 nitrogen and oxygen atoms in total. The van der Waals surface area contributed by atoms with Crippen LogP contribution in [0.3, 0.4) is 0 Å². The molecule has 10 aromatic rings. The molecule has 0 saturated heterocycles. The van der Waals surface area contributed by atoms with Gasteiger partial charge in [-0.25, -0.2) is 15.0 Å². The van der Waals surface area contributed by atoms with E-state index >= 15 is 0 Å². The van der Waals surface area contributed by atoms with Gasteiger partial charge >= 0.3 is 0 Å². The van der Waals surface area contributed by atoms with E-state index in [4.69, 9.17) is 25.7 Å². The van der Waals surface area contributed by atoms with E-state index in [-0.39, 0.29) is 23.0 Å². The Bertz CT molecular complexity index is 3130. The van der Waals surface area contributed by atoms with E-state index in [9.17, 15) is 0 Å². The van der Waals surface area contributed by atoms with Crippen molar-refractivity contribution < 1.29 is 15.7 Å². The number of hydrogen-bond acceptors (Lipinski definition) is 5. The Morgan fingerprint density at radius 2 is 1.00 bits per heavy atom. The summed E-state index contributed by atoms with van der Waals surface area (Å²) in [6.07, 6.45) is 0. The van der Waals surface area contributed by atoms with E-state index in [1.165, 1.54) is 0 Å². The van der Waals surface area contributed by atoms with E-state index in [1.807, 2.05) is 103 Å². The Kier molecular flexibility index (Phi) is 5.35. The predicted molar refractivity (Wildman–Crippen MR) is 202 cm³/mol. The summed E-state index contributed by atoms with van der Waals surface area (Å²) < 4.78 is 55.4. The molecule has 0 aliphatic carbocycles. The first-order valence-corrected chi connectivity index (χ1v) is 16.2. The lowest BCUT2D eigenvalue weighted by atomic mass is 9.94. The molecule has 50 heavy (non-hydrogen) atoms. The van der Waals surface area contributed by atoms with Gasteiger partial charge in [0.15, 0.2) is 17.5 Å². The molecule has 0 spiro atoms. The smallest absolute Gasteiger partial charge is 0.167 e. The van der Waals surface area contributed by atoms with Crippen LogP contribution in [0.1, 0.15) is 6.85 Å². The highest BCUT2D eigenvalue weighted by Crippen LogP contribution is 2.44. The standard InChI is InChI=1S/C45H27N3O2/c1-4-14-28(15-5-1)37-26-31(27-39-40(37)35-20-10-11-25-38(35)49-39)32-21-12-22-33-34-23-13-24-36(42(34)50-41(32)33)45-47-43(29-16-6-2-7-17-29)46-44(48-45)30-18-8-3-9-19-30/h1-27H/i2D,6D,7D,16D,17D. The molecular weight excluding hydrogens is 615 g/mol. The number of rotatable bonds is 5. The summed E-state index contributed by atoms with van der Waals surface area (Å²) in [4.78, 5) is 14.3. The van der Waals surface area contributed by atoms with Crippen molar-refractivity contribution in [2.24, 2.45) is 0 Å². The number of benzene rings is 7. The van der Waals surface area contributed by atoms with Gasteiger partial charge in [0.05, 0.1) is 12.4 Å². The maximum Gasteiger partial charge on any atom is 0.167 e. The van der Waals surface area contributed by atoms with Crippen molar-refractivity contribution in [3.63, 3.8) is 0 Å². The summed E-state index contributed by atoms with van der Waals surface area (Å²) in [5.41, 5.74) is 7.83. The Hall–Kier alpha value is -6.85. The van der Waals surface area contributed by atoms with Gasteiger partial charge in [-0.3, -0.25) is 0 Å². The van der Waals surface area contributed by atoms with E-state index < -0.39 is 30.2 Å². The van der Waals surface area contributed by atoms with Crippen LogP contribution in [0, 0.1) is 0 Å². The number of hydrogen-bond donors (Lipinski definition) is 0. The number of furan rings is 2. The van der Waals surface area contributed by atoms with Crippen molar-refractivity contribution in [3.8, 4) is 56.4 Å². The average Bonchev–Trinajstić information content (AvgIpc) is 3.81. The molecule has 7 aromatic carbocycles. The Labute approximate surface area is 294 Å². The molecule has 0 fully saturated rings. The SMILES string of the molecule is [2H]c1c([2H])c([2H])c(-c2nc(-c3ccccc3)nc(-c3cccc4c3oc3c(-c5cc(-c6ccccc6)c6c(c5)oc5ccccc56)cccc34)n2)c([2H])c1[2H]. The van der Waals surface area contributed by atoms with Crippen molar-refractivity contribution >= 4 is 43.9 Å². The highest BCUT2D eigenvalue weighted by molar-refractivity contribution is 6.16. The molecule has 10 rings (SSSR count). The number of fused-ring (bicyclic) bond motifs is 6. The summed E-state index contributed by atoms with van der Waals surface area (Å²) in [5.74, 6) is 0.480. The number of para-hydroxylation sites is 3. The highest BCUT2D eigenvalue weighted by atomic mass is 16.3. The molecule has 0 radical (unpaired) electrons. The Morgan fingerprint density at radius 1 is 0.400 bits per heavy atom. The largest absolute Gasteiger partial charge is 0.456 e. The molecular formula is C45H27N3O2. The molecule has 0 saturated carbocycles. The third-order valence-corrected chi connectivity index (χ3v) is 9.03. The maximum absolute atomic E-state index is 8.69. The molecule has 0 atom stereocenters. The molecule has 0 amide bonds. The first-order valence-electron chi connectivity index (χ1n) is 18.7. The third-order valence-electron chi connectivity index (χ3n) is 9.03. The molecule has 0 N–H and O–H groups in total. The lowest BCUT2D eigenvalue weighted by molar-refractivity contribution is 0.668. The zero-order valence-electron chi connectivity index (χ0n) is 31.4. The zero-order chi connectivity index (χ0) is 37.4. The minimum atomic E-state index is -0.491. The van der Waals surface area contributed by atoms with Crippen LogP contribution in [0.15, 0.2) is 173 Å². The van der Waals surface area contributed by atoms with Gasteiger partial charge in [0.2, 0.25) is 0 Å². The van der Waals surface area contributed by atoms with E-state index in [0.29, 0.717) is 22.3 Å². The quantitative estimate of drug-likeness (QED) is 0.186. The van der Waals surface area contributed by atoms with E-state index in [0.717, 1.165) is 55.0 Å². The van der Waals surface area contributed by atoms with Crippen molar-refractivity contribution in [1.29, 1.82) is 0 Å². The first-order chi connectivity index (χ1) is 26.9. The summed E-state index contributed by atoms with van der Waals surface area (Å²) in [7, 11) is 0. The minimum Gasteiger partial charge on any atom is -0.456 e. The molecule has 5 heteroatoms. The van der Waals surface area contributed by atoms with Gasteiger partial charge in [-0.15, -0.1) is 0 Å². The van der Waals surface area contributed by atoms with Crippen LogP contribution in [0.4, 0.5) is 0 Å². The normalized spacial score (nSPS) is 13.0. The second-order valence-electron chi connectivity index (χ2n) is 12.0. The van der Waals surface area contributed by atoms with Crippen molar-refractivity contribution in [3.05, 3.63) is 164 Å². The van der Waals surface area contributed by atoms with Crippen LogP contribution in [-0.4, -0.2) is 15.0 Å². The zero-order valence-corrected chi connectivity index (χ0v) is 26.4. The summed E-state index contributed by atoms with van der Waals surface area (Å²) in [6, 6.07) is 41.5. The van der Waals surface area contributed by atoms with Gasteiger partial charge in [-0.2, -0.15) is 0 Å². The van der Waals surface area contributed by atoms with E-state index in [1.54, 1.807) is 0 Å². The summed E-state index contributed by atoms with van der Waals surface area (Å²) >= 11 is 0. The molecule has 0 unspecified atom stereocenters. The number of aromatic nitrogens is 3. The summed E-state index contributed by atoms with van der Waals surface area (Å²) in [5, 5.41) is 3.82. The third kappa shape index (κ3) is 4.60. The van der Waals surface area contributed by atoms with Crippen LogP contribution >= 0.6 is 0 Å². The minimum absolute atomic E-state index is 0.0396. The Balaban J connectivity index is 1.21. The predicted octanol–water partition coefficient (Wildman–Crippen LogP) is 12.0. The highest BCUT2D eigenvalue weighted by Gasteiger charge is 2.21. The monoisotopic (exact) mass is 646 g/mol. The van der Waals surface area contributed by atoms with E-state index in [2.05, 4.69) is 35.3 Å². The second-order valence-corrected chi connectivity index (χ2v) is 12.0. The fourth-order valence-electron chi connectivity index (χ4n) is 6.77. The van der Waals surface area contributed by atoms with Gasteiger partial charge in [-0.1, -0.05) is 139 Å². The van der Waals surface area contributed by atoms with Crippen LogP contribution < -0.4 is 0 Å². The molecule has 0 aliphatic heterocycles. The van der Waals surface area contributed by atoms with Crippen molar-refractivity contribution in [2.75, 3.05) is 0 Å². The van der Waals surface area contributed by atoms with Gasteiger partial charge in [-0.05, 0) is 41.0 Å². The van der Waals surface area contributed by atoms with Crippen molar-refractivity contribution in [1.82, 2.24) is 15.0 Å². The van der Waals surface area contributed by atoms with Crippen LogP contribution in [0.2, 0.25) is 0 Å². The lowest BCUT2D eigenvalue weighted by Crippen LogP contribution is -2.00. The van der Waals surface area contributed by atoms with Gasteiger partial charge in [0, 0.05) is 38.2 Å². The molecule has 0 bridgehead atoms. The first kappa shape index (κ1) is 23.5. The Morgan fingerprint density at radius 3 is 1.76 bits per heavy atom. The van der Waals surface area contributed by atoms with Crippen LogP contribution in [0.5, 0.6) is 0 Å².